The number of piperazine rings is 1. The fourth-order valence-corrected chi connectivity index (χ4v) is 2.01. The van der Waals surface area contributed by atoms with Crippen LogP contribution in [0.5, 0.6) is 0 Å². The Morgan fingerprint density at radius 2 is 2.55 bits per heavy atom. The Balaban J connectivity index is 1.92. The lowest BCUT2D eigenvalue weighted by Gasteiger charge is -2.24. The molecule has 2 bridgehead atoms. The summed E-state index contributed by atoms with van der Waals surface area (Å²) in [5, 5.41) is 11.9. The van der Waals surface area contributed by atoms with Gasteiger partial charge in [0, 0.05) is 25.2 Å². The third-order valence-corrected chi connectivity index (χ3v) is 2.51. The molecule has 11 heavy (non-hydrogen) atoms. The van der Waals surface area contributed by atoms with Crippen molar-refractivity contribution < 1.29 is 9.90 Å². The monoisotopic (exact) mass is 156 g/mol. The summed E-state index contributed by atoms with van der Waals surface area (Å²) in [6.07, 6.45) is 1.13. The predicted octanol–water partition coefficient (Wildman–Crippen LogP) is -0.883. The average Bonchev–Trinajstić information content (AvgIpc) is 2.45. The van der Waals surface area contributed by atoms with Crippen molar-refractivity contribution in [1.29, 1.82) is 0 Å². The molecule has 4 heteroatoms. The Kier molecular flexibility index (Phi) is 1.58. The molecular weight excluding hydrogens is 144 g/mol. The molecule has 0 saturated carbocycles. The van der Waals surface area contributed by atoms with Gasteiger partial charge in [0.25, 0.3) is 0 Å². The van der Waals surface area contributed by atoms with Crippen molar-refractivity contribution >= 4 is 5.97 Å². The van der Waals surface area contributed by atoms with E-state index in [1.165, 1.54) is 0 Å². The highest BCUT2D eigenvalue weighted by atomic mass is 16.4. The molecule has 2 atom stereocenters. The largest absolute Gasteiger partial charge is 0.480 e. The molecule has 0 aliphatic carbocycles. The smallest absolute Gasteiger partial charge is 0.317 e. The summed E-state index contributed by atoms with van der Waals surface area (Å²) in [5.41, 5.74) is 0. The fourth-order valence-electron chi connectivity index (χ4n) is 2.01. The number of hydrogen-bond donors (Lipinski definition) is 2. The van der Waals surface area contributed by atoms with Gasteiger partial charge in [-0.2, -0.15) is 0 Å². The van der Waals surface area contributed by atoms with E-state index in [4.69, 9.17) is 5.11 Å². The van der Waals surface area contributed by atoms with E-state index in [1.807, 2.05) is 4.90 Å². The maximum Gasteiger partial charge on any atom is 0.317 e. The van der Waals surface area contributed by atoms with Crippen molar-refractivity contribution in [2.24, 2.45) is 0 Å². The highest BCUT2D eigenvalue weighted by Crippen LogP contribution is 2.22. The van der Waals surface area contributed by atoms with Crippen LogP contribution < -0.4 is 5.32 Å². The Morgan fingerprint density at radius 3 is 3.00 bits per heavy atom. The van der Waals surface area contributed by atoms with E-state index in [0.717, 1.165) is 19.5 Å². The third kappa shape index (κ3) is 1.23. The maximum absolute atomic E-state index is 10.4. The Hall–Kier alpha value is -0.610. The second-order valence-electron chi connectivity index (χ2n) is 3.32. The quantitative estimate of drug-likeness (QED) is 0.545. The number of likely N-dealkylation sites (tertiary alicyclic amines) is 1. The van der Waals surface area contributed by atoms with Crippen molar-refractivity contribution in [3.63, 3.8) is 0 Å². The summed E-state index contributed by atoms with van der Waals surface area (Å²) in [6, 6.07) is 1.04. The number of carbonyl (C=O) groups is 1. The van der Waals surface area contributed by atoms with Crippen LogP contribution in [-0.4, -0.2) is 47.7 Å². The van der Waals surface area contributed by atoms with E-state index < -0.39 is 5.97 Å². The molecule has 2 unspecified atom stereocenters. The van der Waals surface area contributed by atoms with Gasteiger partial charge in [0.15, 0.2) is 0 Å². The van der Waals surface area contributed by atoms with Gasteiger partial charge in [0.05, 0.1) is 6.54 Å². The zero-order valence-electron chi connectivity index (χ0n) is 6.29. The van der Waals surface area contributed by atoms with E-state index in [1.54, 1.807) is 0 Å². The first-order valence-electron chi connectivity index (χ1n) is 3.95. The molecule has 2 rings (SSSR count). The van der Waals surface area contributed by atoms with E-state index in [0.29, 0.717) is 12.1 Å². The van der Waals surface area contributed by atoms with Crippen LogP contribution in [0, 0.1) is 0 Å². The van der Waals surface area contributed by atoms with E-state index in [9.17, 15) is 4.79 Å². The summed E-state index contributed by atoms with van der Waals surface area (Å²) in [5.74, 6) is -0.711. The Bertz CT molecular complexity index is 183. The molecule has 0 radical (unpaired) electrons. The number of hydrogen-bond acceptors (Lipinski definition) is 3. The summed E-state index contributed by atoms with van der Waals surface area (Å²) in [7, 11) is 0. The highest BCUT2D eigenvalue weighted by Gasteiger charge is 2.37. The molecular formula is C7H12N2O2. The first-order valence-corrected chi connectivity index (χ1v) is 3.95. The molecule has 2 saturated heterocycles. The van der Waals surface area contributed by atoms with Crippen LogP contribution in [0.15, 0.2) is 0 Å². The van der Waals surface area contributed by atoms with Crippen molar-refractivity contribution in [2.45, 2.75) is 18.5 Å². The van der Waals surface area contributed by atoms with Gasteiger partial charge < -0.3 is 10.4 Å². The van der Waals surface area contributed by atoms with E-state index >= 15 is 0 Å². The lowest BCUT2D eigenvalue weighted by atomic mass is 10.2. The minimum Gasteiger partial charge on any atom is -0.480 e. The van der Waals surface area contributed by atoms with Crippen molar-refractivity contribution in [2.75, 3.05) is 19.6 Å². The molecule has 62 valence electrons. The van der Waals surface area contributed by atoms with Crippen LogP contribution in [0.2, 0.25) is 0 Å². The van der Waals surface area contributed by atoms with Crippen LogP contribution in [-0.2, 0) is 4.79 Å². The summed E-state index contributed by atoms with van der Waals surface area (Å²) >= 11 is 0. The molecule has 2 N–H and O–H groups in total. The molecule has 0 amide bonds. The van der Waals surface area contributed by atoms with Gasteiger partial charge in [-0.1, -0.05) is 0 Å². The van der Waals surface area contributed by atoms with Crippen molar-refractivity contribution in [1.82, 2.24) is 10.2 Å². The third-order valence-electron chi connectivity index (χ3n) is 2.51. The van der Waals surface area contributed by atoms with Gasteiger partial charge >= 0.3 is 5.97 Å². The lowest BCUT2D eigenvalue weighted by molar-refractivity contribution is -0.138. The van der Waals surface area contributed by atoms with Gasteiger partial charge in [0.1, 0.15) is 0 Å². The zero-order chi connectivity index (χ0) is 7.84. The normalized spacial score (nSPS) is 36.4. The number of nitrogens with one attached hydrogen (secondary N) is 1. The minimum absolute atomic E-state index is 0.211. The topological polar surface area (TPSA) is 52.6 Å². The van der Waals surface area contributed by atoms with Crippen LogP contribution in [0.3, 0.4) is 0 Å². The van der Waals surface area contributed by atoms with Gasteiger partial charge in [-0.15, -0.1) is 0 Å². The number of rotatable bonds is 2. The van der Waals surface area contributed by atoms with Crippen molar-refractivity contribution in [3.8, 4) is 0 Å². The molecule has 2 aliphatic heterocycles. The van der Waals surface area contributed by atoms with Crippen LogP contribution in [0.4, 0.5) is 0 Å². The number of carboxylic acids is 1. The minimum atomic E-state index is -0.711. The number of carboxylic acid groups (broad SMARTS) is 1. The first-order chi connectivity index (χ1) is 5.25. The van der Waals surface area contributed by atoms with Crippen molar-refractivity contribution in [3.05, 3.63) is 0 Å². The molecule has 0 spiro atoms. The number of nitrogens with zero attached hydrogens (tertiary/aromatic N) is 1. The lowest BCUT2D eigenvalue weighted by Crippen LogP contribution is -2.45. The molecule has 0 aromatic carbocycles. The van der Waals surface area contributed by atoms with Crippen LogP contribution >= 0.6 is 0 Å². The number of aliphatic carboxylic acids is 1. The molecule has 0 aromatic rings. The fraction of sp³-hybridized carbons (Fsp3) is 0.857. The summed E-state index contributed by atoms with van der Waals surface area (Å²) in [6.45, 7) is 2.10. The SMILES string of the molecule is O=C(O)CN1CC2CC1CN2. The Labute approximate surface area is 65.2 Å². The molecule has 2 aliphatic rings. The van der Waals surface area contributed by atoms with Gasteiger partial charge in [-0.25, -0.2) is 0 Å². The Morgan fingerprint density at radius 1 is 1.73 bits per heavy atom. The molecule has 0 aromatic heterocycles. The molecule has 2 fully saturated rings. The van der Waals surface area contributed by atoms with E-state index in [2.05, 4.69) is 5.32 Å². The van der Waals surface area contributed by atoms with Gasteiger partial charge in [0.2, 0.25) is 0 Å². The standard InChI is InChI=1S/C7H12N2O2/c10-7(11)4-9-3-5-1-6(9)2-8-5/h5-6,8H,1-4H2,(H,10,11). The molecule has 2 heterocycles. The second kappa shape index (κ2) is 2.46. The summed E-state index contributed by atoms with van der Waals surface area (Å²) in [4.78, 5) is 12.4. The zero-order valence-corrected chi connectivity index (χ0v) is 6.29. The van der Waals surface area contributed by atoms with Crippen LogP contribution in [0.25, 0.3) is 0 Å². The number of fused-ring (bicyclic) bond motifs is 2. The second-order valence-corrected chi connectivity index (χ2v) is 3.32. The van der Waals surface area contributed by atoms with E-state index in [-0.39, 0.29) is 6.54 Å². The predicted molar refractivity (Wildman–Crippen MR) is 39.4 cm³/mol. The molecule has 4 nitrogen and oxygen atoms in total. The van der Waals surface area contributed by atoms with Gasteiger partial charge in [-0.05, 0) is 6.42 Å². The van der Waals surface area contributed by atoms with Crippen LogP contribution in [0.1, 0.15) is 6.42 Å². The maximum atomic E-state index is 10.4. The summed E-state index contributed by atoms with van der Waals surface area (Å²) < 4.78 is 0. The van der Waals surface area contributed by atoms with Gasteiger partial charge in [-0.3, -0.25) is 9.69 Å². The average molecular weight is 156 g/mol. The first kappa shape index (κ1) is 7.06. The highest BCUT2D eigenvalue weighted by molar-refractivity contribution is 5.69.